The van der Waals surface area contributed by atoms with Gasteiger partial charge in [-0.05, 0) is 60.1 Å². The second kappa shape index (κ2) is 7.41. The van der Waals surface area contributed by atoms with Crippen molar-refractivity contribution in [3.63, 3.8) is 0 Å². The van der Waals surface area contributed by atoms with Crippen molar-refractivity contribution in [2.75, 3.05) is 11.9 Å². The van der Waals surface area contributed by atoms with E-state index in [2.05, 4.69) is 82.0 Å². The summed E-state index contributed by atoms with van der Waals surface area (Å²) in [7, 11) is 2.01. The molecule has 0 aliphatic carbocycles. The number of hydrogen-bond acceptors (Lipinski definition) is 5. The molecule has 0 atom stereocenters. The summed E-state index contributed by atoms with van der Waals surface area (Å²) in [5, 5.41) is 14.4. The Balaban J connectivity index is 1.52. The first-order valence-corrected chi connectivity index (χ1v) is 10.8. The molecular weight excluding hydrogens is 398 g/mol. The van der Waals surface area contributed by atoms with Gasteiger partial charge in [0.25, 0.3) is 0 Å². The Morgan fingerprint density at radius 3 is 2.47 bits per heavy atom. The van der Waals surface area contributed by atoms with Gasteiger partial charge < -0.3 is 9.47 Å². The first-order valence-electron chi connectivity index (χ1n) is 10.8. The normalized spacial score (nSPS) is 16.5. The van der Waals surface area contributed by atoms with Crippen molar-refractivity contribution < 1.29 is 0 Å². The lowest BCUT2D eigenvalue weighted by Crippen LogP contribution is -2.22. The van der Waals surface area contributed by atoms with E-state index < -0.39 is 0 Å². The first kappa shape index (κ1) is 20.1. The second-order valence-corrected chi connectivity index (χ2v) is 8.67. The molecule has 32 heavy (non-hydrogen) atoms. The SMILES string of the molecule is CCn1c2ccccc2c2cc(N=NC=C3N(C)c4ccc(N=O)cc4C3(C)C)ccc21. The minimum Gasteiger partial charge on any atom is -0.346 e. The lowest BCUT2D eigenvalue weighted by Gasteiger charge is -2.22. The number of aromatic nitrogens is 1. The maximum Gasteiger partial charge on any atom is 0.108 e. The molecule has 0 unspecified atom stereocenters. The van der Waals surface area contributed by atoms with Gasteiger partial charge in [-0.3, -0.25) is 0 Å². The molecule has 1 aliphatic heterocycles. The van der Waals surface area contributed by atoms with Gasteiger partial charge in [0.15, 0.2) is 0 Å². The van der Waals surface area contributed by atoms with Crippen LogP contribution in [0.3, 0.4) is 0 Å². The monoisotopic (exact) mass is 423 g/mol. The number of benzene rings is 3. The van der Waals surface area contributed by atoms with Gasteiger partial charge in [-0.15, -0.1) is 4.91 Å². The van der Waals surface area contributed by atoms with E-state index in [1.165, 1.54) is 21.8 Å². The van der Waals surface area contributed by atoms with E-state index in [9.17, 15) is 4.91 Å². The van der Waals surface area contributed by atoms with Gasteiger partial charge in [-0.1, -0.05) is 32.0 Å². The van der Waals surface area contributed by atoms with E-state index >= 15 is 0 Å². The fraction of sp³-hybridized carbons (Fsp3) is 0.231. The summed E-state index contributed by atoms with van der Waals surface area (Å²) in [5.74, 6) is 0. The Morgan fingerprint density at radius 1 is 0.938 bits per heavy atom. The quantitative estimate of drug-likeness (QED) is 0.251. The topological polar surface area (TPSA) is 62.3 Å². The van der Waals surface area contributed by atoms with Crippen molar-refractivity contribution in [2.24, 2.45) is 15.4 Å². The third kappa shape index (κ3) is 2.94. The Hall–Kier alpha value is -3.80. The molecule has 5 rings (SSSR count). The average Bonchev–Trinajstić information content (AvgIpc) is 3.22. The summed E-state index contributed by atoms with van der Waals surface area (Å²) in [5.41, 5.74) is 6.52. The number of nitroso groups, excluding NO2 is 1. The molecular formula is C26H25N5O. The number of azo groups is 1. The molecule has 1 aliphatic rings. The molecule has 6 heteroatoms. The number of anilines is 1. The van der Waals surface area contributed by atoms with Crippen LogP contribution in [0.2, 0.25) is 0 Å². The van der Waals surface area contributed by atoms with Crippen molar-refractivity contribution in [1.29, 1.82) is 0 Å². The highest BCUT2D eigenvalue weighted by atomic mass is 16.3. The minimum absolute atomic E-state index is 0.303. The minimum atomic E-state index is -0.303. The van der Waals surface area contributed by atoms with Gasteiger partial charge in [-0.25, -0.2) is 0 Å². The summed E-state index contributed by atoms with van der Waals surface area (Å²) in [6, 6.07) is 20.2. The molecule has 160 valence electrons. The van der Waals surface area contributed by atoms with E-state index in [0.717, 1.165) is 29.2 Å². The predicted molar refractivity (Wildman–Crippen MR) is 131 cm³/mol. The van der Waals surface area contributed by atoms with Gasteiger partial charge in [0.2, 0.25) is 0 Å². The summed E-state index contributed by atoms with van der Waals surface area (Å²) in [6.07, 6.45) is 1.81. The zero-order valence-corrected chi connectivity index (χ0v) is 18.7. The van der Waals surface area contributed by atoms with E-state index in [1.54, 1.807) is 6.07 Å². The van der Waals surface area contributed by atoms with Crippen LogP contribution in [0.25, 0.3) is 21.8 Å². The summed E-state index contributed by atoms with van der Waals surface area (Å²) in [4.78, 5) is 13.1. The summed E-state index contributed by atoms with van der Waals surface area (Å²) in [6.45, 7) is 7.33. The van der Waals surface area contributed by atoms with Crippen LogP contribution in [-0.2, 0) is 12.0 Å². The summed E-state index contributed by atoms with van der Waals surface area (Å²) < 4.78 is 2.32. The van der Waals surface area contributed by atoms with Crippen molar-refractivity contribution >= 4 is 38.9 Å². The van der Waals surface area contributed by atoms with E-state index in [4.69, 9.17) is 0 Å². The molecule has 4 aromatic rings. The van der Waals surface area contributed by atoms with Gasteiger partial charge in [-0.2, -0.15) is 10.2 Å². The molecule has 0 saturated carbocycles. The van der Waals surface area contributed by atoms with Gasteiger partial charge in [0.05, 0.1) is 11.9 Å². The number of likely N-dealkylation sites (N-methyl/N-ethyl adjacent to an activating group) is 1. The first-order chi connectivity index (χ1) is 15.5. The number of nitrogens with zero attached hydrogens (tertiary/aromatic N) is 5. The van der Waals surface area contributed by atoms with Crippen LogP contribution in [0.5, 0.6) is 0 Å². The molecule has 1 aromatic heterocycles. The highest BCUT2D eigenvalue weighted by Gasteiger charge is 2.38. The van der Waals surface area contributed by atoms with Crippen LogP contribution in [0.15, 0.2) is 88.0 Å². The smallest absolute Gasteiger partial charge is 0.108 e. The Bertz CT molecular complexity index is 1430. The standard InChI is InChI=1S/C26H25N5O/c1-5-31-22-9-7-6-8-19(22)20-14-17(10-12-23(20)31)28-27-16-25-26(2,3)21-15-18(29-32)11-13-24(21)30(25)4/h6-16H,5H2,1-4H3. The van der Waals surface area contributed by atoms with Gasteiger partial charge in [0.1, 0.15) is 5.69 Å². The van der Waals surface area contributed by atoms with Gasteiger partial charge >= 0.3 is 0 Å². The molecule has 0 bridgehead atoms. The van der Waals surface area contributed by atoms with Gasteiger partial charge in [0, 0.05) is 52.2 Å². The van der Waals surface area contributed by atoms with Crippen LogP contribution in [0.4, 0.5) is 17.1 Å². The summed E-state index contributed by atoms with van der Waals surface area (Å²) >= 11 is 0. The maximum absolute atomic E-state index is 11.0. The molecule has 2 heterocycles. The molecule has 0 N–H and O–H groups in total. The van der Waals surface area contributed by atoms with E-state index in [1.807, 2.05) is 31.4 Å². The van der Waals surface area contributed by atoms with Crippen LogP contribution in [0, 0.1) is 4.91 Å². The Labute approximate surface area is 186 Å². The third-order valence-corrected chi connectivity index (χ3v) is 6.55. The van der Waals surface area contributed by atoms with Crippen molar-refractivity contribution in [1.82, 2.24) is 4.57 Å². The number of rotatable bonds is 4. The molecule has 3 aromatic carbocycles. The highest BCUT2D eigenvalue weighted by molar-refractivity contribution is 6.08. The second-order valence-electron chi connectivity index (χ2n) is 8.67. The molecule has 6 nitrogen and oxygen atoms in total. The van der Waals surface area contributed by atoms with Crippen molar-refractivity contribution in [3.05, 3.63) is 83.0 Å². The van der Waals surface area contributed by atoms with Crippen LogP contribution in [0.1, 0.15) is 26.3 Å². The lowest BCUT2D eigenvalue weighted by atomic mass is 9.84. The van der Waals surface area contributed by atoms with Crippen molar-refractivity contribution in [3.8, 4) is 0 Å². The van der Waals surface area contributed by atoms with Crippen molar-refractivity contribution in [2.45, 2.75) is 32.7 Å². The number of fused-ring (bicyclic) bond motifs is 4. The molecule has 0 amide bonds. The largest absolute Gasteiger partial charge is 0.346 e. The maximum atomic E-state index is 11.0. The predicted octanol–water partition coefficient (Wildman–Crippen LogP) is 7.57. The number of allylic oxidation sites excluding steroid dienone is 1. The number of hydrogen-bond donors (Lipinski definition) is 0. The molecule has 0 fully saturated rings. The third-order valence-electron chi connectivity index (χ3n) is 6.55. The van der Waals surface area contributed by atoms with Crippen LogP contribution < -0.4 is 4.90 Å². The Morgan fingerprint density at radius 2 is 1.69 bits per heavy atom. The Kier molecular flexibility index (Phi) is 4.66. The van der Waals surface area contributed by atoms with Crippen LogP contribution in [-0.4, -0.2) is 11.6 Å². The van der Waals surface area contributed by atoms with E-state index in [-0.39, 0.29) is 5.41 Å². The average molecular weight is 424 g/mol. The highest BCUT2D eigenvalue weighted by Crippen LogP contribution is 2.48. The molecule has 0 radical (unpaired) electrons. The number of aryl methyl sites for hydroxylation is 1. The lowest BCUT2D eigenvalue weighted by molar-refractivity contribution is 0.637. The zero-order chi connectivity index (χ0) is 22.5. The molecule has 0 spiro atoms. The van der Waals surface area contributed by atoms with Crippen LogP contribution >= 0.6 is 0 Å². The fourth-order valence-electron chi connectivity index (χ4n) is 4.90. The molecule has 0 saturated heterocycles. The number of para-hydroxylation sites is 1. The van der Waals surface area contributed by atoms with E-state index in [0.29, 0.717) is 5.69 Å². The fourth-order valence-corrected chi connectivity index (χ4v) is 4.90. The zero-order valence-electron chi connectivity index (χ0n) is 18.7.